The first-order chi connectivity index (χ1) is 8.88. The van der Waals surface area contributed by atoms with Gasteiger partial charge in [-0.2, -0.15) is 5.10 Å². The minimum absolute atomic E-state index is 0.264. The molecule has 0 atom stereocenters. The number of carbonyl (C=O) groups excluding carboxylic acids is 1. The monoisotopic (exact) mass is 297 g/mol. The number of thiocarbonyl (C=S) groups is 1. The second kappa shape index (κ2) is 5.14. The molecule has 0 spiro atoms. The Hall–Kier alpha value is -1.67. The molecule has 0 unspecified atom stereocenters. The van der Waals surface area contributed by atoms with Gasteiger partial charge in [0.1, 0.15) is 10.9 Å². The molecule has 2 heterocycles. The van der Waals surface area contributed by atoms with Crippen LogP contribution in [0.15, 0.2) is 11.1 Å². The fourth-order valence-electron chi connectivity index (χ4n) is 1.67. The molecule has 0 bridgehead atoms. The highest BCUT2D eigenvalue weighted by Crippen LogP contribution is 2.32. The molecule has 1 aliphatic rings. The van der Waals surface area contributed by atoms with E-state index in [-0.39, 0.29) is 10.2 Å². The van der Waals surface area contributed by atoms with Gasteiger partial charge in [-0.05, 0) is 13.0 Å². The summed E-state index contributed by atoms with van der Waals surface area (Å²) < 4.78 is 1.92. The van der Waals surface area contributed by atoms with Gasteiger partial charge in [0.25, 0.3) is 5.91 Å². The van der Waals surface area contributed by atoms with E-state index in [0.717, 1.165) is 27.9 Å². The zero-order chi connectivity index (χ0) is 14.2. The van der Waals surface area contributed by atoms with E-state index in [0.29, 0.717) is 4.91 Å². The van der Waals surface area contributed by atoms with Crippen molar-refractivity contribution in [2.75, 3.05) is 6.54 Å². The molecule has 2 rings (SSSR count). The molecule has 1 aromatic heterocycles. The van der Waals surface area contributed by atoms with Gasteiger partial charge in [0.15, 0.2) is 0 Å². The van der Waals surface area contributed by atoms with E-state index in [9.17, 15) is 9.59 Å². The van der Waals surface area contributed by atoms with E-state index >= 15 is 0 Å². The summed E-state index contributed by atoms with van der Waals surface area (Å²) in [4.78, 5) is 24.2. The molecule has 0 aliphatic carbocycles. The fraction of sp³-hybridized carbons (Fsp3) is 0.273. The summed E-state index contributed by atoms with van der Waals surface area (Å²) in [7, 11) is 1.79. The lowest BCUT2D eigenvalue weighted by Gasteiger charge is -2.10. The van der Waals surface area contributed by atoms with Crippen LogP contribution < -0.4 is 0 Å². The summed E-state index contributed by atoms with van der Waals surface area (Å²) >= 11 is 6.12. The molecule has 1 aliphatic heterocycles. The molecule has 1 amide bonds. The number of aromatic nitrogens is 2. The van der Waals surface area contributed by atoms with Gasteiger partial charge in [-0.25, -0.2) is 0 Å². The lowest BCUT2D eigenvalue weighted by atomic mass is 10.2. The van der Waals surface area contributed by atoms with Crippen LogP contribution in [0.4, 0.5) is 0 Å². The van der Waals surface area contributed by atoms with E-state index in [4.69, 9.17) is 17.3 Å². The summed E-state index contributed by atoms with van der Waals surface area (Å²) in [6, 6.07) is 0. The zero-order valence-corrected chi connectivity index (χ0v) is 11.9. The lowest BCUT2D eigenvalue weighted by molar-refractivity contribution is -0.140. The molecule has 1 N–H and O–H groups in total. The van der Waals surface area contributed by atoms with Crippen LogP contribution in [0.1, 0.15) is 11.3 Å². The first-order valence-electron chi connectivity index (χ1n) is 5.36. The summed E-state index contributed by atoms with van der Waals surface area (Å²) in [5.41, 5.74) is 1.62. The summed E-state index contributed by atoms with van der Waals surface area (Å²) in [6.07, 6.45) is 3.47. The minimum atomic E-state index is -1.09. The number of amides is 1. The van der Waals surface area contributed by atoms with Gasteiger partial charge in [0, 0.05) is 18.8 Å². The number of aryl methyl sites for hydroxylation is 2. The predicted molar refractivity (Wildman–Crippen MR) is 75.5 cm³/mol. The zero-order valence-electron chi connectivity index (χ0n) is 10.3. The third-order valence-corrected chi connectivity index (χ3v) is 3.88. The maximum atomic E-state index is 12.0. The standard InChI is InChI=1S/C11H11N3O3S2/c1-6-7(4-13(2)12-6)3-8-10(17)14(5-9(15)16)11(18)19-8/h3-4H,5H2,1-2H3,(H,15,16)/b8-3+. The van der Waals surface area contributed by atoms with Crippen molar-refractivity contribution in [3.05, 3.63) is 22.4 Å². The Balaban J connectivity index is 2.28. The number of nitrogens with zero attached hydrogens (tertiary/aromatic N) is 3. The average molecular weight is 297 g/mol. The van der Waals surface area contributed by atoms with Gasteiger partial charge in [0.2, 0.25) is 0 Å². The highest BCUT2D eigenvalue weighted by molar-refractivity contribution is 8.26. The molecular weight excluding hydrogens is 286 g/mol. The fourth-order valence-corrected chi connectivity index (χ4v) is 2.92. The first-order valence-corrected chi connectivity index (χ1v) is 6.58. The van der Waals surface area contributed by atoms with Crippen molar-refractivity contribution in [2.24, 2.45) is 7.05 Å². The van der Waals surface area contributed by atoms with Crippen molar-refractivity contribution in [2.45, 2.75) is 6.92 Å². The Labute approximate surface area is 119 Å². The summed E-state index contributed by atoms with van der Waals surface area (Å²) in [5, 5.41) is 12.9. The molecule has 1 fully saturated rings. The van der Waals surface area contributed by atoms with Crippen molar-refractivity contribution < 1.29 is 14.7 Å². The highest BCUT2D eigenvalue weighted by atomic mass is 32.2. The number of carboxylic acids is 1. The minimum Gasteiger partial charge on any atom is -0.480 e. The smallest absolute Gasteiger partial charge is 0.323 e. The third-order valence-electron chi connectivity index (χ3n) is 2.50. The molecule has 1 aromatic rings. The number of carbonyl (C=O) groups is 2. The van der Waals surface area contributed by atoms with Gasteiger partial charge in [-0.15, -0.1) is 0 Å². The first kappa shape index (κ1) is 13.8. The quantitative estimate of drug-likeness (QED) is 0.663. The Kier molecular flexibility index (Phi) is 3.72. The number of carboxylic acid groups (broad SMARTS) is 1. The van der Waals surface area contributed by atoms with Gasteiger partial charge in [0.05, 0.1) is 10.6 Å². The molecule has 0 radical (unpaired) electrons. The van der Waals surface area contributed by atoms with Crippen LogP contribution in [-0.2, 0) is 16.6 Å². The van der Waals surface area contributed by atoms with E-state index in [1.165, 1.54) is 0 Å². The van der Waals surface area contributed by atoms with Crippen LogP contribution in [0.2, 0.25) is 0 Å². The Morgan fingerprint density at radius 2 is 2.32 bits per heavy atom. The molecule has 0 aromatic carbocycles. The van der Waals surface area contributed by atoms with Crippen molar-refractivity contribution in [1.82, 2.24) is 14.7 Å². The molecule has 1 saturated heterocycles. The Morgan fingerprint density at radius 3 is 2.84 bits per heavy atom. The van der Waals surface area contributed by atoms with Crippen molar-refractivity contribution in [3.8, 4) is 0 Å². The van der Waals surface area contributed by atoms with E-state index in [2.05, 4.69) is 5.10 Å². The van der Waals surface area contributed by atoms with Crippen molar-refractivity contribution in [3.63, 3.8) is 0 Å². The molecule has 8 heteroatoms. The number of hydrogen-bond donors (Lipinski definition) is 1. The van der Waals surface area contributed by atoms with E-state index in [1.54, 1.807) is 24.0 Å². The number of thioether (sulfide) groups is 1. The summed E-state index contributed by atoms with van der Waals surface area (Å²) in [6.45, 7) is 1.43. The maximum absolute atomic E-state index is 12.0. The van der Waals surface area contributed by atoms with Gasteiger partial charge < -0.3 is 5.11 Å². The summed E-state index contributed by atoms with van der Waals surface area (Å²) in [5.74, 6) is -1.46. The molecule has 19 heavy (non-hydrogen) atoms. The molecule has 0 saturated carbocycles. The topological polar surface area (TPSA) is 75.4 Å². The normalized spacial score (nSPS) is 17.6. The van der Waals surface area contributed by atoms with Crippen LogP contribution in [0, 0.1) is 6.92 Å². The molecular formula is C11H11N3O3S2. The van der Waals surface area contributed by atoms with Crippen LogP contribution in [-0.4, -0.2) is 42.5 Å². The maximum Gasteiger partial charge on any atom is 0.323 e. The highest BCUT2D eigenvalue weighted by Gasteiger charge is 2.33. The van der Waals surface area contributed by atoms with Crippen LogP contribution in [0.5, 0.6) is 0 Å². The SMILES string of the molecule is Cc1nn(C)cc1/C=C1/SC(=S)N(CC(=O)O)C1=O. The van der Waals surface area contributed by atoms with Gasteiger partial charge in [-0.1, -0.05) is 24.0 Å². The van der Waals surface area contributed by atoms with Gasteiger partial charge >= 0.3 is 5.97 Å². The Bertz CT molecular complexity index is 606. The number of aliphatic carboxylic acids is 1. The van der Waals surface area contributed by atoms with Crippen LogP contribution in [0.25, 0.3) is 6.08 Å². The third kappa shape index (κ3) is 2.85. The number of rotatable bonds is 3. The van der Waals surface area contributed by atoms with Crippen LogP contribution >= 0.6 is 24.0 Å². The largest absolute Gasteiger partial charge is 0.480 e. The van der Waals surface area contributed by atoms with E-state index < -0.39 is 12.5 Å². The van der Waals surface area contributed by atoms with Crippen molar-refractivity contribution >= 4 is 46.3 Å². The lowest BCUT2D eigenvalue weighted by Crippen LogP contribution is -2.33. The predicted octanol–water partition coefficient (Wildman–Crippen LogP) is 1.01. The number of hydrogen-bond acceptors (Lipinski definition) is 5. The van der Waals surface area contributed by atoms with Crippen molar-refractivity contribution in [1.29, 1.82) is 0 Å². The van der Waals surface area contributed by atoms with Crippen LogP contribution in [0.3, 0.4) is 0 Å². The molecule has 100 valence electrons. The average Bonchev–Trinajstić information content (AvgIpc) is 2.74. The second-order valence-corrected chi connectivity index (χ2v) is 5.68. The van der Waals surface area contributed by atoms with E-state index in [1.807, 2.05) is 6.92 Å². The van der Waals surface area contributed by atoms with Gasteiger partial charge in [-0.3, -0.25) is 19.2 Å². The molecule has 6 nitrogen and oxygen atoms in total. The Morgan fingerprint density at radius 1 is 1.63 bits per heavy atom. The second-order valence-electron chi connectivity index (χ2n) is 4.01.